The molecule has 4 nitrogen and oxygen atoms in total. The Morgan fingerprint density at radius 1 is 1.17 bits per heavy atom. The number of nitrogens with zero attached hydrogens (tertiary/aromatic N) is 1. The van der Waals surface area contributed by atoms with E-state index < -0.39 is 17.7 Å². The van der Waals surface area contributed by atoms with Crippen molar-refractivity contribution in [2.75, 3.05) is 0 Å². The third-order valence-corrected chi connectivity index (χ3v) is 3.95. The lowest BCUT2D eigenvalue weighted by Gasteiger charge is -2.20. The largest absolute Gasteiger partial charge is 0.477 e. The molecule has 0 saturated heterocycles. The lowest BCUT2D eigenvalue weighted by molar-refractivity contribution is -0.137. The van der Waals surface area contributed by atoms with Crippen LogP contribution >= 0.6 is 0 Å². The van der Waals surface area contributed by atoms with Crippen LogP contribution in [0.5, 0.6) is 11.5 Å². The Labute approximate surface area is 135 Å². The number of carbonyl (C=O) groups is 1. The molecule has 0 fully saturated rings. The fraction of sp³-hybridized carbons (Fsp3) is 0.294. The van der Waals surface area contributed by atoms with Crippen molar-refractivity contribution in [3.8, 4) is 11.5 Å². The minimum Gasteiger partial charge on any atom is -0.477 e. The second-order valence-corrected chi connectivity index (χ2v) is 5.57. The van der Waals surface area contributed by atoms with Gasteiger partial charge in [-0.1, -0.05) is 6.07 Å². The molecule has 2 aromatic rings. The number of halogens is 3. The zero-order valence-corrected chi connectivity index (χ0v) is 12.6. The predicted octanol–water partition coefficient (Wildman–Crippen LogP) is 4.47. The maximum atomic E-state index is 12.8. The first-order valence-electron chi connectivity index (χ1n) is 7.45. The average Bonchev–Trinajstić information content (AvgIpc) is 2.54. The highest BCUT2D eigenvalue weighted by molar-refractivity contribution is 5.88. The van der Waals surface area contributed by atoms with E-state index in [4.69, 9.17) is 4.74 Å². The van der Waals surface area contributed by atoms with Crippen LogP contribution in [-0.2, 0) is 19.0 Å². The number of alkyl halides is 3. The molecule has 0 bridgehead atoms. The molecule has 0 atom stereocenters. The first kappa shape index (κ1) is 16.3. The zero-order chi connectivity index (χ0) is 17.3. The Morgan fingerprint density at radius 2 is 1.88 bits per heavy atom. The van der Waals surface area contributed by atoms with Gasteiger partial charge in [-0.05, 0) is 49.4 Å². The van der Waals surface area contributed by atoms with Gasteiger partial charge in [0.1, 0.15) is 11.5 Å². The van der Waals surface area contributed by atoms with Gasteiger partial charge in [0, 0.05) is 5.56 Å². The standard InChI is InChI=1S/C17H14F3NO3/c18-17(19,20)10-4-3-5-11(8-10)24-14-9-21-15(16(22)23)13-7-2-1-6-12(13)14/h3-5,8-9H,1-2,6-7H2,(H,22,23). The Kier molecular flexibility index (Phi) is 4.17. The molecule has 0 radical (unpaired) electrons. The molecule has 1 N–H and O–H groups in total. The molecule has 0 amide bonds. The molecule has 1 heterocycles. The van der Waals surface area contributed by atoms with E-state index >= 15 is 0 Å². The molecule has 24 heavy (non-hydrogen) atoms. The summed E-state index contributed by atoms with van der Waals surface area (Å²) in [4.78, 5) is 15.2. The van der Waals surface area contributed by atoms with E-state index in [9.17, 15) is 23.1 Å². The summed E-state index contributed by atoms with van der Waals surface area (Å²) in [5.41, 5.74) is 0.509. The number of hydrogen-bond donors (Lipinski definition) is 1. The van der Waals surface area contributed by atoms with Crippen molar-refractivity contribution in [3.63, 3.8) is 0 Å². The van der Waals surface area contributed by atoms with Gasteiger partial charge in [0.25, 0.3) is 0 Å². The molecule has 3 rings (SSSR count). The van der Waals surface area contributed by atoms with Crippen molar-refractivity contribution in [1.29, 1.82) is 0 Å². The van der Waals surface area contributed by atoms with Gasteiger partial charge < -0.3 is 9.84 Å². The van der Waals surface area contributed by atoms with Crippen LogP contribution in [0.1, 0.15) is 40.0 Å². The highest BCUT2D eigenvalue weighted by atomic mass is 19.4. The summed E-state index contributed by atoms with van der Waals surface area (Å²) in [5.74, 6) is -0.754. The first-order valence-corrected chi connectivity index (χ1v) is 7.45. The van der Waals surface area contributed by atoms with Crippen LogP contribution in [0.25, 0.3) is 0 Å². The summed E-state index contributed by atoms with van der Waals surface area (Å²) in [6.07, 6.45) is -0.273. The summed E-state index contributed by atoms with van der Waals surface area (Å²) in [6.45, 7) is 0. The second-order valence-electron chi connectivity index (χ2n) is 5.57. The quantitative estimate of drug-likeness (QED) is 0.898. The highest BCUT2D eigenvalue weighted by Crippen LogP contribution is 2.36. The topological polar surface area (TPSA) is 59.4 Å². The van der Waals surface area contributed by atoms with Crippen LogP contribution < -0.4 is 4.74 Å². The van der Waals surface area contributed by atoms with Crippen molar-refractivity contribution in [1.82, 2.24) is 4.98 Å². The number of ether oxygens (including phenoxy) is 1. The van der Waals surface area contributed by atoms with E-state index in [1.807, 2.05) is 0 Å². The number of carboxylic acid groups (broad SMARTS) is 1. The monoisotopic (exact) mass is 337 g/mol. The van der Waals surface area contributed by atoms with Gasteiger partial charge in [0.2, 0.25) is 0 Å². The summed E-state index contributed by atoms with van der Waals surface area (Å²) in [7, 11) is 0. The molecular formula is C17H14F3NO3. The molecule has 0 aliphatic heterocycles. The van der Waals surface area contributed by atoms with Gasteiger partial charge in [-0.15, -0.1) is 0 Å². The Bertz CT molecular complexity index is 787. The fourth-order valence-electron chi connectivity index (χ4n) is 2.85. The minimum atomic E-state index is -4.45. The molecule has 0 saturated carbocycles. The van der Waals surface area contributed by atoms with E-state index in [1.54, 1.807) is 0 Å². The number of rotatable bonds is 3. The normalized spacial score (nSPS) is 14.1. The van der Waals surface area contributed by atoms with Crippen molar-refractivity contribution in [3.05, 3.63) is 52.8 Å². The highest BCUT2D eigenvalue weighted by Gasteiger charge is 2.31. The van der Waals surface area contributed by atoms with Crippen LogP contribution in [0, 0.1) is 0 Å². The number of benzene rings is 1. The zero-order valence-electron chi connectivity index (χ0n) is 12.6. The molecule has 1 aliphatic rings. The number of pyridine rings is 1. The maximum absolute atomic E-state index is 12.8. The van der Waals surface area contributed by atoms with Gasteiger partial charge in [-0.3, -0.25) is 0 Å². The maximum Gasteiger partial charge on any atom is 0.416 e. The third kappa shape index (κ3) is 3.20. The predicted molar refractivity (Wildman–Crippen MR) is 79.4 cm³/mol. The van der Waals surface area contributed by atoms with Crippen LogP contribution in [0.2, 0.25) is 0 Å². The van der Waals surface area contributed by atoms with Crippen molar-refractivity contribution < 1.29 is 27.8 Å². The van der Waals surface area contributed by atoms with Crippen LogP contribution in [0.15, 0.2) is 30.5 Å². The lowest BCUT2D eigenvalue weighted by atomic mass is 9.90. The minimum absolute atomic E-state index is 0.0129. The van der Waals surface area contributed by atoms with Gasteiger partial charge in [0.05, 0.1) is 11.8 Å². The van der Waals surface area contributed by atoms with Crippen LogP contribution in [-0.4, -0.2) is 16.1 Å². The van der Waals surface area contributed by atoms with Gasteiger partial charge >= 0.3 is 12.1 Å². The lowest BCUT2D eigenvalue weighted by Crippen LogP contribution is -2.13. The number of aromatic nitrogens is 1. The summed E-state index contributed by atoms with van der Waals surface area (Å²) in [6, 6.07) is 4.58. The van der Waals surface area contributed by atoms with E-state index in [0.29, 0.717) is 29.7 Å². The van der Waals surface area contributed by atoms with Gasteiger partial charge in [-0.25, -0.2) is 9.78 Å². The molecular weight excluding hydrogens is 323 g/mol. The summed E-state index contributed by atoms with van der Waals surface area (Å²) < 4.78 is 44.0. The number of fused-ring (bicyclic) bond motifs is 1. The van der Waals surface area contributed by atoms with Crippen LogP contribution in [0.4, 0.5) is 13.2 Å². The first-order chi connectivity index (χ1) is 11.4. The average molecular weight is 337 g/mol. The summed E-state index contributed by atoms with van der Waals surface area (Å²) in [5, 5.41) is 9.22. The van der Waals surface area contributed by atoms with E-state index in [1.165, 1.54) is 18.3 Å². The third-order valence-electron chi connectivity index (χ3n) is 3.95. The Hall–Kier alpha value is -2.57. The van der Waals surface area contributed by atoms with Gasteiger partial charge in [-0.2, -0.15) is 13.2 Å². The SMILES string of the molecule is O=C(O)c1ncc(Oc2cccc(C(F)(F)F)c2)c2c1CCCC2. The molecule has 126 valence electrons. The van der Waals surface area contributed by atoms with E-state index in [-0.39, 0.29) is 11.4 Å². The number of hydrogen-bond acceptors (Lipinski definition) is 3. The van der Waals surface area contributed by atoms with E-state index in [2.05, 4.69) is 4.98 Å². The van der Waals surface area contributed by atoms with Crippen LogP contribution in [0.3, 0.4) is 0 Å². The Balaban J connectivity index is 1.98. The van der Waals surface area contributed by atoms with Crippen molar-refractivity contribution >= 4 is 5.97 Å². The molecule has 1 aliphatic carbocycles. The molecule has 1 aromatic carbocycles. The molecule has 0 spiro atoms. The fourth-order valence-corrected chi connectivity index (χ4v) is 2.85. The smallest absolute Gasteiger partial charge is 0.416 e. The van der Waals surface area contributed by atoms with E-state index in [0.717, 1.165) is 25.0 Å². The second kappa shape index (κ2) is 6.14. The van der Waals surface area contributed by atoms with Crippen molar-refractivity contribution in [2.45, 2.75) is 31.9 Å². The summed E-state index contributed by atoms with van der Waals surface area (Å²) >= 11 is 0. The Morgan fingerprint density at radius 3 is 2.54 bits per heavy atom. The molecule has 0 unspecified atom stereocenters. The molecule has 7 heteroatoms. The number of carboxylic acids is 1. The van der Waals surface area contributed by atoms with Gasteiger partial charge in [0.15, 0.2) is 5.69 Å². The number of aromatic carboxylic acids is 1. The van der Waals surface area contributed by atoms with Crippen molar-refractivity contribution in [2.24, 2.45) is 0 Å². The molecule has 1 aromatic heterocycles.